The summed E-state index contributed by atoms with van der Waals surface area (Å²) < 4.78 is 16.3. The first-order valence-corrected chi connectivity index (χ1v) is 9.43. The van der Waals surface area contributed by atoms with Crippen molar-refractivity contribution in [3.8, 4) is 11.5 Å². The fraction of sp³-hybridized carbons (Fsp3) is 0.353. The second-order valence-electron chi connectivity index (χ2n) is 5.04. The summed E-state index contributed by atoms with van der Waals surface area (Å²) in [5, 5.41) is -0.508. The molecule has 1 aliphatic rings. The number of imide groups is 1. The quantitative estimate of drug-likeness (QED) is 0.471. The molecule has 1 fully saturated rings. The van der Waals surface area contributed by atoms with Gasteiger partial charge in [-0.1, -0.05) is 0 Å². The van der Waals surface area contributed by atoms with E-state index in [9.17, 15) is 14.4 Å². The van der Waals surface area contributed by atoms with Gasteiger partial charge in [-0.25, -0.2) is 0 Å². The maximum Gasteiger partial charge on any atom is 0.326 e. The van der Waals surface area contributed by atoms with E-state index in [0.717, 1.165) is 16.7 Å². The smallest absolute Gasteiger partial charge is 0.326 e. The van der Waals surface area contributed by atoms with E-state index in [1.54, 1.807) is 25.1 Å². The monoisotopic (exact) mass is 443 g/mol. The lowest BCUT2D eigenvalue weighted by Gasteiger charge is -2.12. The third kappa shape index (κ3) is 4.59. The molecular weight excluding hydrogens is 426 g/mol. The lowest BCUT2D eigenvalue weighted by Crippen LogP contribution is -2.34. The molecule has 1 saturated heterocycles. The largest absolute Gasteiger partial charge is 0.493 e. The van der Waals surface area contributed by atoms with E-state index in [0.29, 0.717) is 28.1 Å². The summed E-state index contributed by atoms with van der Waals surface area (Å²) in [5.41, 5.74) is 0.652. The van der Waals surface area contributed by atoms with Crippen LogP contribution in [0, 0.1) is 0 Å². The number of carbonyl (C=O) groups is 3. The SMILES string of the molecule is CCOC(=O)CN1C(=O)SC(=Cc2cc(Br)c(OCC)c(OC)c2)C1=O. The van der Waals surface area contributed by atoms with Gasteiger partial charge in [0.2, 0.25) is 0 Å². The van der Waals surface area contributed by atoms with Crippen molar-refractivity contribution in [2.24, 2.45) is 0 Å². The van der Waals surface area contributed by atoms with E-state index < -0.39 is 23.7 Å². The topological polar surface area (TPSA) is 82.1 Å². The molecule has 140 valence electrons. The van der Waals surface area contributed by atoms with Crippen LogP contribution in [0.5, 0.6) is 11.5 Å². The van der Waals surface area contributed by atoms with E-state index >= 15 is 0 Å². The molecule has 1 aliphatic heterocycles. The maximum atomic E-state index is 12.4. The zero-order valence-corrected chi connectivity index (χ0v) is 16.9. The van der Waals surface area contributed by atoms with Gasteiger partial charge in [0.1, 0.15) is 6.54 Å². The molecule has 7 nitrogen and oxygen atoms in total. The van der Waals surface area contributed by atoms with Crippen molar-refractivity contribution in [3.05, 3.63) is 27.1 Å². The molecule has 9 heteroatoms. The van der Waals surface area contributed by atoms with Crippen LogP contribution >= 0.6 is 27.7 Å². The van der Waals surface area contributed by atoms with Gasteiger partial charge in [0.05, 0.1) is 29.7 Å². The number of benzene rings is 1. The van der Waals surface area contributed by atoms with Crippen molar-refractivity contribution >= 4 is 50.9 Å². The fourth-order valence-electron chi connectivity index (χ4n) is 2.23. The molecule has 0 N–H and O–H groups in total. The van der Waals surface area contributed by atoms with Gasteiger partial charge in [-0.2, -0.15) is 0 Å². The van der Waals surface area contributed by atoms with Crippen molar-refractivity contribution in [1.29, 1.82) is 0 Å². The normalized spacial score (nSPS) is 15.5. The average Bonchev–Trinajstić information content (AvgIpc) is 2.84. The fourth-order valence-corrected chi connectivity index (χ4v) is 3.64. The molecule has 0 atom stereocenters. The van der Waals surface area contributed by atoms with Gasteiger partial charge in [-0.3, -0.25) is 19.3 Å². The Morgan fingerprint density at radius 1 is 1.27 bits per heavy atom. The van der Waals surface area contributed by atoms with Crippen LogP contribution in [0.1, 0.15) is 19.4 Å². The van der Waals surface area contributed by atoms with Crippen LogP contribution in [0.2, 0.25) is 0 Å². The molecular formula is C17H18BrNO6S. The van der Waals surface area contributed by atoms with Crippen molar-refractivity contribution in [3.63, 3.8) is 0 Å². The highest BCUT2D eigenvalue weighted by molar-refractivity contribution is 9.10. The van der Waals surface area contributed by atoms with E-state index in [2.05, 4.69) is 15.9 Å². The van der Waals surface area contributed by atoms with Crippen LogP contribution in [-0.4, -0.2) is 48.9 Å². The summed E-state index contributed by atoms with van der Waals surface area (Å²) in [6.45, 7) is 3.78. The summed E-state index contributed by atoms with van der Waals surface area (Å²) in [6.07, 6.45) is 1.57. The summed E-state index contributed by atoms with van der Waals surface area (Å²) in [6, 6.07) is 3.46. The molecule has 1 aromatic carbocycles. The van der Waals surface area contributed by atoms with Crippen LogP contribution in [0.25, 0.3) is 6.08 Å². The molecule has 0 aliphatic carbocycles. The van der Waals surface area contributed by atoms with E-state index in [-0.39, 0.29) is 11.5 Å². The summed E-state index contributed by atoms with van der Waals surface area (Å²) in [5.74, 6) is -0.0978. The van der Waals surface area contributed by atoms with Crippen LogP contribution in [0.15, 0.2) is 21.5 Å². The average molecular weight is 444 g/mol. The Balaban J connectivity index is 2.27. The third-order valence-electron chi connectivity index (χ3n) is 3.30. The molecule has 0 aromatic heterocycles. The maximum absolute atomic E-state index is 12.4. The first kappa shape index (κ1) is 20.3. The highest BCUT2D eigenvalue weighted by Crippen LogP contribution is 2.39. The van der Waals surface area contributed by atoms with E-state index in [1.807, 2.05) is 6.92 Å². The van der Waals surface area contributed by atoms with Gasteiger partial charge in [0.25, 0.3) is 11.1 Å². The second kappa shape index (κ2) is 9.09. The molecule has 0 radical (unpaired) electrons. The molecule has 26 heavy (non-hydrogen) atoms. The summed E-state index contributed by atoms with van der Waals surface area (Å²) in [4.78, 5) is 37.1. The Hall–Kier alpha value is -2.00. The van der Waals surface area contributed by atoms with E-state index in [4.69, 9.17) is 14.2 Å². The van der Waals surface area contributed by atoms with Crippen molar-refractivity contribution < 1.29 is 28.6 Å². The minimum atomic E-state index is -0.624. The van der Waals surface area contributed by atoms with Crippen LogP contribution < -0.4 is 9.47 Å². The Morgan fingerprint density at radius 3 is 2.62 bits per heavy atom. The number of methoxy groups -OCH3 is 1. The van der Waals surface area contributed by atoms with Gasteiger partial charge in [-0.15, -0.1) is 0 Å². The van der Waals surface area contributed by atoms with Gasteiger partial charge in [0.15, 0.2) is 11.5 Å². The highest BCUT2D eigenvalue weighted by Gasteiger charge is 2.36. The van der Waals surface area contributed by atoms with Gasteiger partial charge in [0, 0.05) is 0 Å². The molecule has 0 spiro atoms. The van der Waals surface area contributed by atoms with Crippen LogP contribution in [0.3, 0.4) is 0 Å². The molecule has 0 saturated carbocycles. The second-order valence-corrected chi connectivity index (χ2v) is 6.89. The molecule has 2 rings (SSSR count). The Morgan fingerprint density at radius 2 is 2.00 bits per heavy atom. The van der Waals surface area contributed by atoms with Crippen molar-refractivity contribution in [2.75, 3.05) is 26.9 Å². The van der Waals surface area contributed by atoms with Crippen molar-refractivity contribution in [2.45, 2.75) is 13.8 Å². The summed E-state index contributed by atoms with van der Waals surface area (Å²) in [7, 11) is 1.52. The third-order valence-corrected chi connectivity index (χ3v) is 4.80. The number of esters is 1. The zero-order chi connectivity index (χ0) is 19.3. The number of nitrogens with zero attached hydrogens (tertiary/aromatic N) is 1. The number of rotatable bonds is 7. The highest BCUT2D eigenvalue weighted by atomic mass is 79.9. The minimum Gasteiger partial charge on any atom is -0.493 e. The Kier molecular flexibility index (Phi) is 7.10. The van der Waals surface area contributed by atoms with E-state index in [1.165, 1.54) is 7.11 Å². The minimum absolute atomic E-state index is 0.185. The lowest BCUT2D eigenvalue weighted by molar-refractivity contribution is -0.145. The molecule has 0 bridgehead atoms. The number of hydrogen-bond donors (Lipinski definition) is 0. The van der Waals surface area contributed by atoms with Crippen LogP contribution in [-0.2, 0) is 14.3 Å². The van der Waals surface area contributed by atoms with Gasteiger partial charge in [-0.05, 0) is 65.3 Å². The molecule has 1 aromatic rings. The van der Waals surface area contributed by atoms with Crippen LogP contribution in [0.4, 0.5) is 4.79 Å². The standard InChI is InChI=1S/C17H18BrNO6S/c1-4-24-14(20)9-19-16(21)13(26-17(19)22)8-10-6-11(18)15(25-5-2)12(7-10)23-3/h6-8H,4-5,9H2,1-3H3. The lowest BCUT2D eigenvalue weighted by atomic mass is 10.2. The summed E-state index contributed by atoms with van der Waals surface area (Å²) >= 11 is 4.19. The number of hydrogen-bond acceptors (Lipinski definition) is 7. The predicted molar refractivity (Wildman–Crippen MR) is 101 cm³/mol. The molecule has 1 heterocycles. The number of carbonyl (C=O) groups excluding carboxylic acids is 3. The van der Waals surface area contributed by atoms with Crippen molar-refractivity contribution in [1.82, 2.24) is 4.90 Å². The number of halogens is 1. The number of thioether (sulfide) groups is 1. The predicted octanol–water partition coefficient (Wildman–Crippen LogP) is 3.46. The number of ether oxygens (including phenoxy) is 3. The zero-order valence-electron chi connectivity index (χ0n) is 14.5. The number of amides is 2. The molecule has 2 amide bonds. The molecule has 0 unspecified atom stereocenters. The first-order chi connectivity index (χ1) is 12.4. The van der Waals surface area contributed by atoms with Gasteiger partial charge >= 0.3 is 5.97 Å². The first-order valence-electron chi connectivity index (χ1n) is 7.82. The Bertz CT molecular complexity index is 764. The Labute approximate surface area is 163 Å². The van der Waals surface area contributed by atoms with Gasteiger partial charge < -0.3 is 14.2 Å².